The van der Waals surface area contributed by atoms with E-state index in [1.807, 2.05) is 38.9 Å². The molecule has 0 aromatic carbocycles. The first-order valence-electron chi connectivity index (χ1n) is 5.30. The van der Waals surface area contributed by atoms with Crippen molar-refractivity contribution in [3.63, 3.8) is 0 Å². The molecule has 0 saturated heterocycles. The third-order valence-electron chi connectivity index (χ3n) is 1.97. The lowest BCUT2D eigenvalue weighted by Crippen LogP contribution is -2.26. The van der Waals surface area contributed by atoms with Crippen molar-refractivity contribution in [2.45, 2.75) is 26.8 Å². The summed E-state index contributed by atoms with van der Waals surface area (Å²) in [4.78, 5) is 17.2. The molecule has 0 radical (unpaired) electrons. The normalized spacial score (nSPS) is 11.7. The highest BCUT2D eigenvalue weighted by Crippen LogP contribution is 2.19. The van der Waals surface area contributed by atoms with Gasteiger partial charge in [-0.1, -0.05) is 31.5 Å². The SMILES string of the molecule is CC.CC(=O)C(c1ccc(Cl)nc1)N(C)C. The maximum Gasteiger partial charge on any atom is 0.151 e. The van der Waals surface area contributed by atoms with E-state index < -0.39 is 0 Å². The number of hydrogen-bond donors (Lipinski definition) is 0. The van der Waals surface area contributed by atoms with Gasteiger partial charge in [0, 0.05) is 6.20 Å². The van der Waals surface area contributed by atoms with Crippen LogP contribution in [0.15, 0.2) is 18.3 Å². The predicted molar refractivity (Wildman–Crippen MR) is 67.7 cm³/mol. The molecule has 1 heterocycles. The van der Waals surface area contributed by atoms with Crippen LogP contribution < -0.4 is 0 Å². The van der Waals surface area contributed by atoms with Crippen LogP contribution in [0.5, 0.6) is 0 Å². The molecule has 1 aromatic heterocycles. The molecule has 0 saturated carbocycles. The summed E-state index contributed by atoms with van der Waals surface area (Å²) in [5, 5.41) is 0.440. The van der Waals surface area contributed by atoms with Crippen molar-refractivity contribution in [3.8, 4) is 0 Å². The molecule has 90 valence electrons. The molecule has 1 rings (SSSR count). The van der Waals surface area contributed by atoms with E-state index in [2.05, 4.69) is 4.98 Å². The fourth-order valence-corrected chi connectivity index (χ4v) is 1.56. The lowest BCUT2D eigenvalue weighted by molar-refractivity contribution is -0.121. The number of rotatable bonds is 3. The van der Waals surface area contributed by atoms with Crippen LogP contribution in [0, 0.1) is 0 Å². The zero-order valence-corrected chi connectivity index (χ0v) is 11.2. The summed E-state index contributed by atoms with van der Waals surface area (Å²) in [6, 6.07) is 3.28. The summed E-state index contributed by atoms with van der Waals surface area (Å²) in [6.45, 7) is 5.57. The van der Waals surface area contributed by atoms with Gasteiger partial charge in [-0.05, 0) is 32.6 Å². The van der Waals surface area contributed by atoms with Gasteiger partial charge < -0.3 is 0 Å². The molecule has 0 N–H and O–H groups in total. The highest BCUT2D eigenvalue weighted by atomic mass is 35.5. The minimum Gasteiger partial charge on any atom is -0.298 e. The molecule has 0 aliphatic rings. The van der Waals surface area contributed by atoms with Gasteiger partial charge in [0.1, 0.15) is 5.15 Å². The van der Waals surface area contributed by atoms with Gasteiger partial charge in [-0.15, -0.1) is 0 Å². The molecule has 0 aliphatic heterocycles. The highest BCUT2D eigenvalue weighted by Gasteiger charge is 2.18. The van der Waals surface area contributed by atoms with Gasteiger partial charge in [-0.2, -0.15) is 0 Å². The van der Waals surface area contributed by atoms with E-state index in [-0.39, 0.29) is 11.8 Å². The average Bonchev–Trinajstić information content (AvgIpc) is 2.23. The second-order valence-electron chi connectivity index (χ2n) is 3.39. The van der Waals surface area contributed by atoms with Crippen molar-refractivity contribution in [1.82, 2.24) is 9.88 Å². The molecule has 16 heavy (non-hydrogen) atoms. The molecule has 4 heteroatoms. The van der Waals surface area contributed by atoms with Crippen molar-refractivity contribution in [2.75, 3.05) is 14.1 Å². The second-order valence-corrected chi connectivity index (χ2v) is 3.78. The molecule has 0 fully saturated rings. The van der Waals surface area contributed by atoms with E-state index in [0.717, 1.165) is 5.56 Å². The number of halogens is 1. The predicted octanol–water partition coefficient (Wildman–Crippen LogP) is 2.95. The number of Topliss-reactive ketones (excluding diaryl/α,β-unsaturated/α-hetero) is 1. The molecule has 3 nitrogen and oxygen atoms in total. The molecule has 0 bridgehead atoms. The number of carbonyl (C=O) groups excluding carboxylic acids is 1. The molecule has 0 amide bonds. The smallest absolute Gasteiger partial charge is 0.151 e. The zero-order valence-electron chi connectivity index (χ0n) is 10.5. The Morgan fingerprint density at radius 2 is 1.94 bits per heavy atom. The Hall–Kier alpha value is -0.930. The molecule has 1 aromatic rings. The summed E-state index contributed by atoms with van der Waals surface area (Å²) in [5.74, 6) is 0.0964. The first-order valence-corrected chi connectivity index (χ1v) is 5.68. The third-order valence-corrected chi connectivity index (χ3v) is 2.19. The van der Waals surface area contributed by atoms with E-state index >= 15 is 0 Å². The molecule has 0 aliphatic carbocycles. The van der Waals surface area contributed by atoms with Gasteiger partial charge in [-0.25, -0.2) is 4.98 Å². The van der Waals surface area contributed by atoms with Crippen LogP contribution in [0.1, 0.15) is 32.4 Å². The van der Waals surface area contributed by atoms with Gasteiger partial charge in [-0.3, -0.25) is 9.69 Å². The van der Waals surface area contributed by atoms with E-state index in [4.69, 9.17) is 11.6 Å². The van der Waals surface area contributed by atoms with E-state index in [1.165, 1.54) is 0 Å². The quantitative estimate of drug-likeness (QED) is 0.764. The van der Waals surface area contributed by atoms with E-state index in [0.29, 0.717) is 5.15 Å². The van der Waals surface area contributed by atoms with E-state index in [1.54, 1.807) is 19.2 Å². The zero-order chi connectivity index (χ0) is 12.7. The van der Waals surface area contributed by atoms with E-state index in [9.17, 15) is 4.79 Å². The van der Waals surface area contributed by atoms with Gasteiger partial charge in [0.15, 0.2) is 5.78 Å². The van der Waals surface area contributed by atoms with Gasteiger partial charge >= 0.3 is 0 Å². The van der Waals surface area contributed by atoms with Crippen LogP contribution in [0.3, 0.4) is 0 Å². The Balaban J connectivity index is 0.00000106. The highest BCUT2D eigenvalue weighted by molar-refractivity contribution is 6.29. The summed E-state index contributed by atoms with van der Waals surface area (Å²) < 4.78 is 0. The van der Waals surface area contributed by atoms with Crippen LogP contribution in [-0.4, -0.2) is 29.8 Å². The third kappa shape index (κ3) is 4.29. The maximum absolute atomic E-state index is 11.4. The standard InChI is InChI=1S/C10H13ClN2O.C2H6/c1-7(14)10(13(2)3)8-4-5-9(11)12-6-8;1-2/h4-6,10H,1-3H3;1-2H3. The summed E-state index contributed by atoms with van der Waals surface area (Å²) >= 11 is 5.67. The summed E-state index contributed by atoms with van der Waals surface area (Å²) in [5.41, 5.74) is 0.868. The minimum atomic E-state index is -0.236. The van der Waals surface area contributed by atoms with Crippen molar-refractivity contribution in [2.24, 2.45) is 0 Å². The molecular weight excluding hydrogens is 224 g/mol. The topological polar surface area (TPSA) is 33.2 Å². The first kappa shape index (κ1) is 15.1. The molecule has 0 spiro atoms. The summed E-state index contributed by atoms with van der Waals surface area (Å²) in [6.07, 6.45) is 1.63. The van der Waals surface area contributed by atoms with Crippen LogP contribution in [0.2, 0.25) is 5.15 Å². The maximum atomic E-state index is 11.4. The Kier molecular flexibility index (Phi) is 6.93. The Bertz CT molecular complexity index is 322. The van der Waals surface area contributed by atoms with Gasteiger partial charge in [0.05, 0.1) is 6.04 Å². The number of aromatic nitrogens is 1. The van der Waals surface area contributed by atoms with Crippen molar-refractivity contribution in [1.29, 1.82) is 0 Å². The second kappa shape index (κ2) is 7.36. The number of nitrogens with zero attached hydrogens (tertiary/aromatic N) is 2. The fourth-order valence-electron chi connectivity index (χ4n) is 1.45. The Morgan fingerprint density at radius 1 is 1.38 bits per heavy atom. The first-order chi connectivity index (χ1) is 7.52. The van der Waals surface area contributed by atoms with Crippen LogP contribution in [0.25, 0.3) is 0 Å². The summed E-state index contributed by atoms with van der Waals surface area (Å²) in [7, 11) is 3.72. The molecule has 1 unspecified atom stereocenters. The lowest BCUT2D eigenvalue weighted by Gasteiger charge is -2.21. The van der Waals surface area contributed by atoms with Crippen LogP contribution >= 0.6 is 11.6 Å². The molecule has 1 atom stereocenters. The fraction of sp³-hybridized carbons (Fsp3) is 0.500. The number of ketones is 1. The Labute approximate surface area is 102 Å². The number of pyridine rings is 1. The van der Waals surface area contributed by atoms with Crippen molar-refractivity contribution >= 4 is 17.4 Å². The average molecular weight is 243 g/mol. The number of hydrogen-bond acceptors (Lipinski definition) is 3. The molecular formula is C12H19ClN2O. The van der Waals surface area contributed by atoms with Gasteiger partial charge in [0.25, 0.3) is 0 Å². The van der Waals surface area contributed by atoms with Crippen LogP contribution in [-0.2, 0) is 4.79 Å². The van der Waals surface area contributed by atoms with Crippen molar-refractivity contribution in [3.05, 3.63) is 29.0 Å². The monoisotopic (exact) mass is 242 g/mol. The van der Waals surface area contributed by atoms with Crippen LogP contribution in [0.4, 0.5) is 0 Å². The van der Waals surface area contributed by atoms with Crippen molar-refractivity contribution < 1.29 is 4.79 Å². The lowest BCUT2D eigenvalue weighted by atomic mass is 10.1. The number of carbonyl (C=O) groups is 1. The minimum absolute atomic E-state index is 0.0964. The Morgan fingerprint density at radius 3 is 2.25 bits per heavy atom. The van der Waals surface area contributed by atoms with Gasteiger partial charge in [0.2, 0.25) is 0 Å². The largest absolute Gasteiger partial charge is 0.298 e. The number of likely N-dealkylation sites (N-methyl/N-ethyl adjacent to an activating group) is 1.